The monoisotopic (exact) mass is 442 g/mol. The summed E-state index contributed by atoms with van der Waals surface area (Å²) in [4.78, 5) is 24.9. The Kier molecular flexibility index (Phi) is 8.21. The van der Waals surface area contributed by atoms with Crippen molar-refractivity contribution in [3.8, 4) is 0 Å². The standard InChI is InChI=1S/C20H32Cl2N6O/c1-3-16(29)24-15-6-4-14(5-7-15)8-9-27-10-12-28(13-11-27)19-17(21)18(22)25-20(23-2)26-19/h14-15H,3-13H2,1-2H3,(H,24,29)(H,23,25,26)/t14-,15-. The summed E-state index contributed by atoms with van der Waals surface area (Å²) in [5.41, 5.74) is 0. The lowest BCUT2D eigenvalue weighted by molar-refractivity contribution is -0.121. The molecule has 1 amide bonds. The molecule has 3 rings (SSSR count). The number of nitrogens with one attached hydrogen (secondary N) is 2. The predicted molar refractivity (Wildman–Crippen MR) is 119 cm³/mol. The highest BCUT2D eigenvalue weighted by molar-refractivity contribution is 6.42. The molecule has 0 aromatic carbocycles. The van der Waals surface area contributed by atoms with E-state index in [9.17, 15) is 4.79 Å². The second-order valence-corrected chi connectivity index (χ2v) is 8.72. The molecule has 0 unspecified atom stereocenters. The minimum Gasteiger partial charge on any atom is -0.357 e. The lowest BCUT2D eigenvalue weighted by atomic mass is 9.84. The van der Waals surface area contributed by atoms with E-state index in [0.29, 0.717) is 29.3 Å². The van der Waals surface area contributed by atoms with Crippen LogP contribution in [-0.4, -0.2) is 66.6 Å². The van der Waals surface area contributed by atoms with Crippen molar-refractivity contribution in [3.05, 3.63) is 10.2 Å². The fourth-order valence-corrected chi connectivity index (χ4v) is 4.57. The van der Waals surface area contributed by atoms with Crippen LogP contribution in [0.2, 0.25) is 10.2 Å². The summed E-state index contributed by atoms with van der Waals surface area (Å²) in [6.45, 7) is 6.79. The number of carbonyl (C=O) groups is 1. The first kappa shape index (κ1) is 22.4. The first-order valence-electron chi connectivity index (χ1n) is 10.7. The van der Waals surface area contributed by atoms with Gasteiger partial charge in [-0.3, -0.25) is 9.69 Å². The van der Waals surface area contributed by atoms with E-state index in [1.54, 1.807) is 7.05 Å². The molecule has 0 bridgehead atoms. The van der Waals surface area contributed by atoms with Gasteiger partial charge in [-0.05, 0) is 44.6 Å². The zero-order valence-electron chi connectivity index (χ0n) is 17.4. The highest BCUT2D eigenvalue weighted by Crippen LogP contribution is 2.32. The van der Waals surface area contributed by atoms with Crippen LogP contribution in [0.25, 0.3) is 0 Å². The van der Waals surface area contributed by atoms with Crippen LogP contribution in [-0.2, 0) is 4.79 Å². The molecule has 2 N–H and O–H groups in total. The molecule has 1 aromatic heterocycles. The number of hydrogen-bond acceptors (Lipinski definition) is 6. The molecular formula is C20H32Cl2N6O. The van der Waals surface area contributed by atoms with Crippen LogP contribution in [0.3, 0.4) is 0 Å². The summed E-state index contributed by atoms with van der Waals surface area (Å²) in [6.07, 6.45) is 6.48. The van der Waals surface area contributed by atoms with Gasteiger partial charge < -0.3 is 15.5 Å². The minimum absolute atomic E-state index is 0.179. The number of rotatable bonds is 7. The SMILES string of the molecule is CCC(=O)N[C@H]1CC[C@H](CCN2CCN(c3nc(NC)nc(Cl)c3Cl)CC2)CC1. The smallest absolute Gasteiger partial charge is 0.225 e. The first-order valence-corrected chi connectivity index (χ1v) is 11.4. The third-order valence-corrected chi connectivity index (χ3v) is 6.79. The maximum absolute atomic E-state index is 11.5. The Labute approximate surface area is 183 Å². The largest absolute Gasteiger partial charge is 0.357 e. The number of hydrogen-bond donors (Lipinski definition) is 2. The van der Waals surface area contributed by atoms with E-state index >= 15 is 0 Å². The van der Waals surface area contributed by atoms with Gasteiger partial charge in [-0.15, -0.1) is 0 Å². The van der Waals surface area contributed by atoms with Crippen LogP contribution in [0.1, 0.15) is 45.4 Å². The molecule has 29 heavy (non-hydrogen) atoms. The van der Waals surface area contributed by atoms with Gasteiger partial charge in [0.2, 0.25) is 11.9 Å². The van der Waals surface area contributed by atoms with Crippen molar-refractivity contribution in [1.82, 2.24) is 20.2 Å². The van der Waals surface area contributed by atoms with Crippen molar-refractivity contribution in [3.63, 3.8) is 0 Å². The summed E-state index contributed by atoms with van der Waals surface area (Å²) in [6, 6.07) is 0.384. The first-order chi connectivity index (χ1) is 14.0. The molecule has 1 saturated carbocycles. The number of anilines is 2. The Morgan fingerprint density at radius 1 is 1.10 bits per heavy atom. The summed E-state index contributed by atoms with van der Waals surface area (Å²) in [7, 11) is 1.77. The summed E-state index contributed by atoms with van der Waals surface area (Å²) in [5.74, 6) is 2.15. The van der Waals surface area contributed by atoms with Crippen LogP contribution in [0.4, 0.5) is 11.8 Å². The lowest BCUT2D eigenvalue weighted by Crippen LogP contribution is -2.47. The zero-order valence-corrected chi connectivity index (χ0v) is 18.9. The predicted octanol–water partition coefficient (Wildman–Crippen LogP) is 3.42. The number of piperazine rings is 1. The van der Waals surface area contributed by atoms with E-state index in [0.717, 1.165) is 51.5 Å². The molecule has 2 aliphatic rings. The molecule has 2 fully saturated rings. The highest BCUT2D eigenvalue weighted by Gasteiger charge is 2.25. The number of amides is 1. The Morgan fingerprint density at radius 2 is 1.79 bits per heavy atom. The fraction of sp³-hybridized carbons (Fsp3) is 0.750. The van der Waals surface area contributed by atoms with Crippen LogP contribution >= 0.6 is 23.2 Å². The van der Waals surface area contributed by atoms with Gasteiger partial charge >= 0.3 is 0 Å². The van der Waals surface area contributed by atoms with Crippen molar-refractivity contribution in [2.75, 3.05) is 50.0 Å². The van der Waals surface area contributed by atoms with Crippen molar-refractivity contribution >= 4 is 40.9 Å². The molecule has 0 radical (unpaired) electrons. The maximum atomic E-state index is 11.5. The molecule has 1 aliphatic heterocycles. The average molecular weight is 443 g/mol. The molecule has 1 aromatic rings. The van der Waals surface area contributed by atoms with E-state index in [-0.39, 0.29) is 11.1 Å². The van der Waals surface area contributed by atoms with E-state index in [2.05, 4.69) is 30.4 Å². The van der Waals surface area contributed by atoms with Gasteiger partial charge in [-0.25, -0.2) is 0 Å². The molecular weight excluding hydrogens is 411 g/mol. The van der Waals surface area contributed by atoms with Gasteiger partial charge in [0.25, 0.3) is 0 Å². The highest BCUT2D eigenvalue weighted by atomic mass is 35.5. The lowest BCUT2D eigenvalue weighted by Gasteiger charge is -2.37. The van der Waals surface area contributed by atoms with E-state index < -0.39 is 0 Å². The molecule has 9 heteroatoms. The number of aromatic nitrogens is 2. The molecule has 1 saturated heterocycles. The molecule has 7 nitrogen and oxygen atoms in total. The van der Waals surface area contributed by atoms with Crippen LogP contribution < -0.4 is 15.5 Å². The van der Waals surface area contributed by atoms with Crippen molar-refractivity contribution in [2.45, 2.75) is 51.5 Å². The van der Waals surface area contributed by atoms with Crippen LogP contribution in [0.5, 0.6) is 0 Å². The van der Waals surface area contributed by atoms with Crippen LogP contribution in [0.15, 0.2) is 0 Å². The maximum Gasteiger partial charge on any atom is 0.225 e. The molecule has 2 heterocycles. The van der Waals surface area contributed by atoms with Crippen molar-refractivity contribution in [2.24, 2.45) is 5.92 Å². The normalized spacial score (nSPS) is 23.1. The van der Waals surface area contributed by atoms with E-state index in [1.165, 1.54) is 19.3 Å². The third kappa shape index (κ3) is 6.09. The second kappa shape index (κ2) is 10.6. The van der Waals surface area contributed by atoms with Crippen molar-refractivity contribution < 1.29 is 4.79 Å². The van der Waals surface area contributed by atoms with E-state index in [4.69, 9.17) is 23.2 Å². The minimum atomic E-state index is 0.179. The summed E-state index contributed by atoms with van der Waals surface area (Å²) in [5, 5.41) is 6.78. The quantitative estimate of drug-likeness (QED) is 0.630. The number of nitrogens with zero attached hydrogens (tertiary/aromatic N) is 4. The summed E-state index contributed by atoms with van der Waals surface area (Å²) < 4.78 is 0. The van der Waals surface area contributed by atoms with Gasteiger partial charge in [0.15, 0.2) is 11.0 Å². The third-order valence-electron chi connectivity index (χ3n) is 6.08. The zero-order chi connectivity index (χ0) is 20.8. The Balaban J connectivity index is 1.41. The van der Waals surface area contributed by atoms with Gasteiger partial charge in [-0.2, -0.15) is 9.97 Å². The fourth-order valence-electron chi connectivity index (χ4n) is 4.20. The van der Waals surface area contributed by atoms with E-state index in [1.807, 2.05) is 6.92 Å². The topological polar surface area (TPSA) is 73.4 Å². The molecule has 1 aliphatic carbocycles. The van der Waals surface area contributed by atoms with Crippen molar-refractivity contribution in [1.29, 1.82) is 0 Å². The van der Waals surface area contributed by atoms with Gasteiger partial charge in [0, 0.05) is 45.7 Å². The number of halogens is 2. The Hall–Kier alpha value is -1.31. The summed E-state index contributed by atoms with van der Waals surface area (Å²) >= 11 is 12.5. The van der Waals surface area contributed by atoms with Crippen LogP contribution in [0, 0.1) is 5.92 Å². The van der Waals surface area contributed by atoms with Gasteiger partial charge in [0.05, 0.1) is 0 Å². The average Bonchev–Trinajstić information content (AvgIpc) is 2.75. The molecule has 0 atom stereocenters. The molecule has 162 valence electrons. The van der Waals surface area contributed by atoms with Gasteiger partial charge in [-0.1, -0.05) is 30.1 Å². The molecule has 0 spiro atoms. The Morgan fingerprint density at radius 3 is 2.41 bits per heavy atom. The Bertz CT molecular complexity index is 688. The second-order valence-electron chi connectivity index (χ2n) is 7.98. The number of carbonyl (C=O) groups excluding carboxylic acids is 1. The van der Waals surface area contributed by atoms with Gasteiger partial charge in [0.1, 0.15) is 5.02 Å².